The normalized spacial score (nSPS) is 29.0. The Hall–Kier alpha value is -0.690. The second-order valence-electron chi connectivity index (χ2n) is 5.61. The molecule has 0 aromatic heterocycles. The van der Waals surface area contributed by atoms with Crippen LogP contribution in [0, 0.1) is 11.8 Å². The van der Waals surface area contributed by atoms with Crippen molar-refractivity contribution in [2.24, 2.45) is 11.8 Å². The van der Waals surface area contributed by atoms with Crippen molar-refractivity contribution in [2.45, 2.75) is 44.6 Å². The second kappa shape index (κ2) is 4.89. The number of halogens is 1. The molecule has 2 atom stereocenters. The summed E-state index contributed by atoms with van der Waals surface area (Å²) >= 11 is 5.90. The van der Waals surface area contributed by atoms with Crippen LogP contribution in [0.4, 0.5) is 5.69 Å². The van der Waals surface area contributed by atoms with E-state index < -0.39 is 0 Å². The number of benzene rings is 1. The molecular weight excluding hydrogens is 230 g/mol. The zero-order valence-corrected chi connectivity index (χ0v) is 10.9. The lowest BCUT2D eigenvalue weighted by atomic mass is 9.82. The summed E-state index contributed by atoms with van der Waals surface area (Å²) in [5.41, 5.74) is 1.22. The molecule has 3 rings (SSSR count). The molecule has 92 valence electrons. The Kier molecular flexibility index (Phi) is 3.28. The smallest absolute Gasteiger partial charge is 0.0407 e. The molecule has 0 aliphatic heterocycles. The summed E-state index contributed by atoms with van der Waals surface area (Å²) in [5, 5.41) is 4.48. The van der Waals surface area contributed by atoms with Gasteiger partial charge in [0, 0.05) is 16.8 Å². The Morgan fingerprint density at radius 3 is 2.41 bits per heavy atom. The monoisotopic (exact) mass is 249 g/mol. The van der Waals surface area contributed by atoms with Crippen LogP contribution in [0.5, 0.6) is 0 Å². The maximum absolute atomic E-state index is 5.90. The van der Waals surface area contributed by atoms with Crippen LogP contribution in [-0.4, -0.2) is 6.04 Å². The maximum Gasteiger partial charge on any atom is 0.0407 e. The average molecular weight is 250 g/mol. The van der Waals surface area contributed by atoms with Gasteiger partial charge in [-0.2, -0.15) is 0 Å². The van der Waals surface area contributed by atoms with Crippen molar-refractivity contribution in [2.75, 3.05) is 5.32 Å². The first-order valence-corrected chi connectivity index (χ1v) is 7.21. The highest BCUT2D eigenvalue weighted by Crippen LogP contribution is 2.44. The number of hydrogen-bond donors (Lipinski definition) is 1. The highest BCUT2D eigenvalue weighted by molar-refractivity contribution is 6.30. The van der Waals surface area contributed by atoms with E-state index in [-0.39, 0.29) is 0 Å². The highest BCUT2D eigenvalue weighted by atomic mass is 35.5. The fraction of sp³-hybridized carbons (Fsp3) is 0.600. The van der Waals surface area contributed by atoms with E-state index in [2.05, 4.69) is 17.4 Å². The van der Waals surface area contributed by atoms with Crippen LogP contribution in [0.2, 0.25) is 5.02 Å². The van der Waals surface area contributed by atoms with E-state index in [1.54, 1.807) is 0 Å². The molecule has 17 heavy (non-hydrogen) atoms. The summed E-state index contributed by atoms with van der Waals surface area (Å²) in [6.07, 6.45) is 8.52. The molecule has 2 heteroatoms. The molecule has 2 unspecified atom stereocenters. The van der Waals surface area contributed by atoms with Gasteiger partial charge in [0.2, 0.25) is 0 Å². The van der Waals surface area contributed by atoms with E-state index in [0.29, 0.717) is 6.04 Å². The van der Waals surface area contributed by atoms with E-state index in [1.165, 1.54) is 44.2 Å². The van der Waals surface area contributed by atoms with Crippen LogP contribution in [0.25, 0.3) is 0 Å². The van der Waals surface area contributed by atoms with Crippen LogP contribution in [0.3, 0.4) is 0 Å². The van der Waals surface area contributed by atoms with Gasteiger partial charge in [0.15, 0.2) is 0 Å². The Morgan fingerprint density at radius 2 is 1.71 bits per heavy atom. The minimum atomic E-state index is 0.676. The molecule has 0 heterocycles. The van der Waals surface area contributed by atoms with Crippen molar-refractivity contribution in [3.05, 3.63) is 29.3 Å². The Balaban J connectivity index is 1.58. The van der Waals surface area contributed by atoms with Crippen LogP contribution in [0.1, 0.15) is 38.5 Å². The van der Waals surface area contributed by atoms with E-state index in [1.807, 2.05) is 12.1 Å². The molecule has 2 aliphatic rings. The zero-order chi connectivity index (χ0) is 11.7. The molecular formula is C15H20ClN. The molecule has 2 aliphatic carbocycles. The third-order valence-corrected chi connectivity index (χ3v) is 4.47. The predicted octanol–water partition coefficient (Wildman–Crippen LogP) is 4.72. The predicted molar refractivity (Wildman–Crippen MR) is 73.5 cm³/mol. The standard InChI is InChI=1S/C15H20ClN/c16-13-6-8-14(9-7-13)17-15-3-1-2-12(10-15)11-4-5-11/h6-9,11-12,15,17H,1-5,10H2. The SMILES string of the molecule is Clc1ccc(NC2CCCC(C3CC3)C2)cc1. The molecule has 0 amide bonds. The van der Waals surface area contributed by atoms with Gasteiger partial charge in [-0.1, -0.05) is 24.4 Å². The van der Waals surface area contributed by atoms with Crippen molar-refractivity contribution < 1.29 is 0 Å². The molecule has 1 aromatic carbocycles. The molecule has 2 fully saturated rings. The van der Waals surface area contributed by atoms with Crippen LogP contribution in [0.15, 0.2) is 24.3 Å². The quantitative estimate of drug-likeness (QED) is 0.817. The van der Waals surface area contributed by atoms with Crippen LogP contribution in [-0.2, 0) is 0 Å². The Morgan fingerprint density at radius 1 is 0.941 bits per heavy atom. The van der Waals surface area contributed by atoms with Gasteiger partial charge in [0.25, 0.3) is 0 Å². The van der Waals surface area contributed by atoms with E-state index >= 15 is 0 Å². The number of anilines is 1. The molecule has 2 saturated carbocycles. The highest BCUT2D eigenvalue weighted by Gasteiger charge is 2.34. The minimum Gasteiger partial charge on any atom is -0.382 e. The summed E-state index contributed by atoms with van der Waals surface area (Å²) in [6, 6.07) is 8.78. The molecule has 0 spiro atoms. The Labute approximate surface area is 109 Å². The van der Waals surface area contributed by atoms with Crippen molar-refractivity contribution in [1.82, 2.24) is 0 Å². The number of rotatable bonds is 3. The lowest BCUT2D eigenvalue weighted by Crippen LogP contribution is -2.28. The van der Waals surface area contributed by atoms with Gasteiger partial charge in [-0.05, 0) is 61.8 Å². The lowest BCUT2D eigenvalue weighted by Gasteiger charge is -2.30. The minimum absolute atomic E-state index is 0.676. The second-order valence-corrected chi connectivity index (χ2v) is 6.05. The van der Waals surface area contributed by atoms with Crippen molar-refractivity contribution >= 4 is 17.3 Å². The van der Waals surface area contributed by atoms with E-state index in [4.69, 9.17) is 11.6 Å². The van der Waals surface area contributed by atoms with Crippen LogP contribution < -0.4 is 5.32 Å². The van der Waals surface area contributed by atoms with Crippen molar-refractivity contribution in [3.8, 4) is 0 Å². The van der Waals surface area contributed by atoms with Gasteiger partial charge >= 0.3 is 0 Å². The first-order chi connectivity index (χ1) is 8.31. The fourth-order valence-corrected chi connectivity index (χ4v) is 3.26. The number of hydrogen-bond acceptors (Lipinski definition) is 1. The molecule has 1 aromatic rings. The van der Waals surface area contributed by atoms with Gasteiger partial charge < -0.3 is 5.32 Å². The molecule has 0 bridgehead atoms. The third kappa shape index (κ3) is 2.95. The van der Waals surface area contributed by atoms with Gasteiger partial charge in [0.1, 0.15) is 0 Å². The maximum atomic E-state index is 5.90. The molecule has 0 saturated heterocycles. The Bertz CT molecular complexity index is 369. The first kappa shape index (κ1) is 11.4. The van der Waals surface area contributed by atoms with Crippen LogP contribution >= 0.6 is 11.6 Å². The first-order valence-electron chi connectivity index (χ1n) is 6.83. The van der Waals surface area contributed by atoms with E-state index in [0.717, 1.165) is 16.9 Å². The van der Waals surface area contributed by atoms with Gasteiger partial charge in [-0.3, -0.25) is 0 Å². The van der Waals surface area contributed by atoms with Gasteiger partial charge in [-0.15, -0.1) is 0 Å². The van der Waals surface area contributed by atoms with Crippen molar-refractivity contribution in [3.63, 3.8) is 0 Å². The third-order valence-electron chi connectivity index (χ3n) is 4.22. The summed E-state index contributed by atoms with van der Waals surface area (Å²) < 4.78 is 0. The fourth-order valence-electron chi connectivity index (χ4n) is 3.14. The average Bonchev–Trinajstić information content (AvgIpc) is 3.17. The van der Waals surface area contributed by atoms with Gasteiger partial charge in [0.05, 0.1) is 0 Å². The van der Waals surface area contributed by atoms with Gasteiger partial charge in [-0.25, -0.2) is 0 Å². The zero-order valence-electron chi connectivity index (χ0n) is 10.2. The summed E-state index contributed by atoms with van der Waals surface area (Å²) in [5.74, 6) is 2.05. The lowest BCUT2D eigenvalue weighted by molar-refractivity contribution is 0.303. The summed E-state index contributed by atoms with van der Waals surface area (Å²) in [4.78, 5) is 0. The summed E-state index contributed by atoms with van der Waals surface area (Å²) in [7, 11) is 0. The largest absolute Gasteiger partial charge is 0.382 e. The summed E-state index contributed by atoms with van der Waals surface area (Å²) in [6.45, 7) is 0. The molecule has 1 nitrogen and oxygen atoms in total. The topological polar surface area (TPSA) is 12.0 Å². The molecule has 1 N–H and O–H groups in total. The molecule has 0 radical (unpaired) electrons. The van der Waals surface area contributed by atoms with E-state index in [9.17, 15) is 0 Å². The number of nitrogens with one attached hydrogen (secondary N) is 1. The van der Waals surface area contributed by atoms with Crippen molar-refractivity contribution in [1.29, 1.82) is 0 Å².